The molecule has 2 N–H and O–H groups in total. The van der Waals surface area contributed by atoms with Gasteiger partial charge in [-0.05, 0) is 36.5 Å². The van der Waals surface area contributed by atoms with Crippen molar-refractivity contribution in [2.24, 2.45) is 11.3 Å². The topological polar surface area (TPSA) is 82.8 Å². The average Bonchev–Trinajstić information content (AvgIpc) is 3.35. The van der Waals surface area contributed by atoms with Crippen LogP contribution in [-0.4, -0.2) is 35.1 Å². The van der Waals surface area contributed by atoms with Gasteiger partial charge >= 0.3 is 12.0 Å². The first-order valence-electron chi connectivity index (χ1n) is 8.97. The van der Waals surface area contributed by atoms with Gasteiger partial charge in [-0.15, -0.1) is 0 Å². The highest BCUT2D eigenvalue weighted by atomic mass is 16.4. The van der Waals surface area contributed by atoms with Crippen LogP contribution >= 0.6 is 0 Å². The van der Waals surface area contributed by atoms with Crippen LogP contribution in [0.15, 0.2) is 53.1 Å². The highest BCUT2D eigenvalue weighted by Crippen LogP contribution is 2.48. The fraction of sp³-hybridized carbons (Fsp3) is 0.400. The van der Waals surface area contributed by atoms with Crippen molar-refractivity contribution in [1.82, 2.24) is 10.2 Å². The number of nitrogens with one attached hydrogen (secondary N) is 1. The van der Waals surface area contributed by atoms with Crippen molar-refractivity contribution in [2.45, 2.75) is 25.3 Å². The Morgan fingerprint density at radius 2 is 2.04 bits per heavy atom. The molecular formula is C20H22N2O4. The van der Waals surface area contributed by atoms with Crippen LogP contribution < -0.4 is 5.32 Å². The molecule has 6 heteroatoms. The van der Waals surface area contributed by atoms with E-state index in [-0.39, 0.29) is 18.5 Å². The summed E-state index contributed by atoms with van der Waals surface area (Å²) in [5.41, 5.74) is 0.146. The Balaban J connectivity index is 1.54. The minimum atomic E-state index is -0.777. The van der Waals surface area contributed by atoms with E-state index < -0.39 is 17.4 Å². The van der Waals surface area contributed by atoms with E-state index in [9.17, 15) is 14.7 Å². The third-order valence-electron chi connectivity index (χ3n) is 5.81. The molecule has 2 amide bonds. The van der Waals surface area contributed by atoms with Crippen molar-refractivity contribution >= 4 is 12.0 Å². The van der Waals surface area contributed by atoms with E-state index >= 15 is 0 Å². The molecule has 2 aliphatic rings. The quantitative estimate of drug-likeness (QED) is 0.883. The van der Waals surface area contributed by atoms with Crippen LogP contribution in [0.4, 0.5) is 4.79 Å². The van der Waals surface area contributed by atoms with Crippen LogP contribution in [0, 0.1) is 11.3 Å². The summed E-state index contributed by atoms with van der Waals surface area (Å²) in [5, 5.41) is 12.7. The van der Waals surface area contributed by atoms with Gasteiger partial charge in [-0.3, -0.25) is 4.79 Å². The normalized spacial score (nSPS) is 25.7. The second-order valence-electron chi connectivity index (χ2n) is 7.24. The Morgan fingerprint density at radius 3 is 2.69 bits per heavy atom. The Bertz CT molecular complexity index is 789. The molecule has 6 nitrogen and oxygen atoms in total. The summed E-state index contributed by atoms with van der Waals surface area (Å²) in [6.07, 6.45) is 4.02. The molecule has 26 heavy (non-hydrogen) atoms. The van der Waals surface area contributed by atoms with E-state index in [2.05, 4.69) is 5.32 Å². The van der Waals surface area contributed by atoms with Gasteiger partial charge in [0, 0.05) is 13.1 Å². The number of rotatable bonds is 4. The van der Waals surface area contributed by atoms with Gasteiger partial charge in [0.15, 0.2) is 0 Å². The van der Waals surface area contributed by atoms with E-state index in [4.69, 9.17) is 4.42 Å². The van der Waals surface area contributed by atoms with Crippen LogP contribution in [0.1, 0.15) is 36.6 Å². The lowest BCUT2D eigenvalue weighted by atomic mass is 9.81. The zero-order valence-corrected chi connectivity index (χ0v) is 14.4. The molecule has 1 aliphatic carbocycles. The molecule has 1 saturated carbocycles. The number of benzene rings is 1. The summed E-state index contributed by atoms with van der Waals surface area (Å²) in [6, 6.07) is 12.6. The van der Waals surface area contributed by atoms with E-state index in [1.807, 2.05) is 36.4 Å². The summed E-state index contributed by atoms with van der Waals surface area (Å²) in [7, 11) is 0. The van der Waals surface area contributed by atoms with Gasteiger partial charge in [0.1, 0.15) is 11.8 Å². The minimum Gasteiger partial charge on any atom is -0.481 e. The zero-order valence-electron chi connectivity index (χ0n) is 14.4. The lowest BCUT2D eigenvalue weighted by Gasteiger charge is -2.25. The summed E-state index contributed by atoms with van der Waals surface area (Å²) in [5.74, 6) is -0.0811. The average molecular weight is 354 g/mol. The van der Waals surface area contributed by atoms with Crippen LogP contribution in [-0.2, 0) is 4.79 Å². The fourth-order valence-corrected chi connectivity index (χ4v) is 4.43. The highest BCUT2D eigenvalue weighted by molar-refractivity contribution is 5.81. The summed E-state index contributed by atoms with van der Waals surface area (Å²) >= 11 is 0. The van der Waals surface area contributed by atoms with Crippen LogP contribution in [0.3, 0.4) is 0 Å². The Hall–Kier alpha value is -2.76. The maximum atomic E-state index is 12.9. The van der Waals surface area contributed by atoms with E-state index in [0.29, 0.717) is 18.7 Å². The van der Waals surface area contributed by atoms with Gasteiger partial charge < -0.3 is 19.7 Å². The third-order valence-corrected chi connectivity index (χ3v) is 5.81. The monoisotopic (exact) mass is 354 g/mol. The molecule has 1 saturated heterocycles. The van der Waals surface area contributed by atoms with E-state index in [0.717, 1.165) is 18.4 Å². The largest absolute Gasteiger partial charge is 0.481 e. The predicted molar refractivity (Wildman–Crippen MR) is 94.5 cm³/mol. The van der Waals surface area contributed by atoms with Gasteiger partial charge in [0.2, 0.25) is 0 Å². The molecule has 0 bridgehead atoms. The Kier molecular flexibility index (Phi) is 4.18. The van der Waals surface area contributed by atoms with Crippen molar-refractivity contribution in [3.05, 3.63) is 60.1 Å². The third kappa shape index (κ3) is 2.75. The number of carboxylic acids is 1. The lowest BCUT2D eigenvalue weighted by molar-refractivity contribution is -0.149. The van der Waals surface area contributed by atoms with Crippen molar-refractivity contribution in [3.8, 4) is 0 Å². The van der Waals surface area contributed by atoms with E-state index in [1.165, 1.54) is 0 Å². The number of carbonyl (C=O) groups excluding carboxylic acids is 1. The molecule has 0 radical (unpaired) electrons. The molecule has 2 fully saturated rings. The van der Waals surface area contributed by atoms with Gasteiger partial charge in [0.05, 0.1) is 11.7 Å². The Morgan fingerprint density at radius 1 is 1.23 bits per heavy atom. The molecule has 2 heterocycles. The van der Waals surface area contributed by atoms with Crippen LogP contribution in [0.5, 0.6) is 0 Å². The molecule has 1 aromatic heterocycles. The van der Waals surface area contributed by atoms with E-state index in [1.54, 1.807) is 17.2 Å². The number of furan rings is 1. The van der Waals surface area contributed by atoms with Gasteiger partial charge in [-0.1, -0.05) is 36.8 Å². The highest BCUT2D eigenvalue weighted by Gasteiger charge is 2.55. The fourth-order valence-electron chi connectivity index (χ4n) is 4.43. The molecule has 1 aromatic carbocycles. The number of urea groups is 1. The second-order valence-corrected chi connectivity index (χ2v) is 7.24. The second kappa shape index (κ2) is 6.52. The number of hydrogen-bond donors (Lipinski definition) is 2. The smallest absolute Gasteiger partial charge is 0.318 e. The number of likely N-dealkylation sites (tertiary alicyclic amines) is 1. The van der Waals surface area contributed by atoms with Crippen molar-refractivity contribution in [1.29, 1.82) is 0 Å². The molecule has 2 aromatic rings. The molecule has 0 spiro atoms. The van der Waals surface area contributed by atoms with Crippen LogP contribution in [0.25, 0.3) is 0 Å². The molecule has 4 rings (SSSR count). The number of carboxylic acid groups (broad SMARTS) is 1. The van der Waals surface area contributed by atoms with Crippen LogP contribution in [0.2, 0.25) is 0 Å². The lowest BCUT2D eigenvalue weighted by Crippen LogP contribution is -2.43. The maximum Gasteiger partial charge on any atom is 0.318 e. The molecular weight excluding hydrogens is 332 g/mol. The summed E-state index contributed by atoms with van der Waals surface area (Å²) < 4.78 is 5.52. The standard InChI is InChI=1S/C20H22N2O4/c23-18(24)20-10-4-8-15(20)12-22(13-20)19(25)21-17(16-9-5-11-26-16)14-6-2-1-3-7-14/h1-3,5-7,9,11,15,17H,4,8,10,12-13H2,(H,21,25)(H,23,24)/t15-,17?,20+/m0/s1. The number of aliphatic carboxylic acids is 1. The van der Waals surface area contributed by atoms with Crippen molar-refractivity contribution in [2.75, 3.05) is 13.1 Å². The number of nitrogens with zero attached hydrogens (tertiary/aromatic N) is 1. The van der Waals surface area contributed by atoms with Gasteiger partial charge in [0.25, 0.3) is 0 Å². The van der Waals surface area contributed by atoms with Gasteiger partial charge in [-0.2, -0.15) is 0 Å². The predicted octanol–water partition coefficient (Wildman–Crippen LogP) is 3.27. The number of amides is 2. The van der Waals surface area contributed by atoms with Crippen molar-refractivity contribution < 1.29 is 19.1 Å². The number of fused-ring (bicyclic) bond motifs is 1. The first-order valence-corrected chi connectivity index (χ1v) is 8.97. The SMILES string of the molecule is O=C(NC(c1ccccc1)c1ccco1)N1C[C@@H]2CCC[C@@]2(C(=O)O)C1. The Labute approximate surface area is 151 Å². The summed E-state index contributed by atoms with van der Waals surface area (Å²) in [6.45, 7) is 0.774. The first-order chi connectivity index (χ1) is 12.6. The number of hydrogen-bond acceptors (Lipinski definition) is 3. The molecule has 3 atom stereocenters. The molecule has 1 unspecified atom stereocenters. The zero-order chi connectivity index (χ0) is 18.1. The van der Waals surface area contributed by atoms with Gasteiger partial charge in [-0.25, -0.2) is 4.79 Å². The maximum absolute atomic E-state index is 12.9. The molecule has 1 aliphatic heterocycles. The summed E-state index contributed by atoms with van der Waals surface area (Å²) in [4.78, 5) is 26.4. The minimum absolute atomic E-state index is 0.0459. The molecule has 136 valence electrons. The first kappa shape index (κ1) is 16.7. The van der Waals surface area contributed by atoms with Crippen molar-refractivity contribution in [3.63, 3.8) is 0 Å². The number of carbonyl (C=O) groups is 2.